The monoisotopic (exact) mass is 328 g/mol. The highest BCUT2D eigenvalue weighted by atomic mass is 35.5. The van der Waals surface area contributed by atoms with Crippen LogP contribution in [-0.4, -0.2) is 30.1 Å². The van der Waals surface area contributed by atoms with Crippen LogP contribution < -0.4 is 5.32 Å². The smallest absolute Gasteiger partial charge is 0.0452 e. The molecule has 1 saturated heterocycles. The predicted molar refractivity (Wildman–Crippen MR) is 92.2 cm³/mol. The fraction of sp³-hybridized carbons (Fsp3) is 0.647. The summed E-state index contributed by atoms with van der Waals surface area (Å²) in [5.41, 5.74) is 1.37. The van der Waals surface area contributed by atoms with Crippen molar-refractivity contribution in [3.63, 3.8) is 0 Å². The Kier molecular flexibility index (Phi) is 5.59. The van der Waals surface area contributed by atoms with Gasteiger partial charge in [-0.05, 0) is 49.1 Å². The molecule has 1 aliphatic heterocycles. The first-order valence-electron chi connectivity index (χ1n) is 7.68. The standard InChI is InChI=1S/C17H26Cl2N2/c1-12-7-8-20-16(17(2,3)4)11-21(12)10-13-9-14(18)5-6-15(13)19/h5-6,9,12,16,20H,7-8,10-11H2,1-4H3. The van der Waals surface area contributed by atoms with E-state index in [0.717, 1.165) is 41.7 Å². The zero-order chi connectivity index (χ0) is 15.6. The first-order valence-corrected chi connectivity index (χ1v) is 8.44. The van der Waals surface area contributed by atoms with Gasteiger partial charge in [-0.15, -0.1) is 0 Å². The summed E-state index contributed by atoms with van der Waals surface area (Å²) in [5, 5.41) is 5.25. The van der Waals surface area contributed by atoms with E-state index >= 15 is 0 Å². The Morgan fingerprint density at radius 1 is 1.29 bits per heavy atom. The fourth-order valence-electron chi connectivity index (χ4n) is 2.81. The minimum absolute atomic E-state index is 0.250. The average Bonchev–Trinajstić information content (AvgIpc) is 2.56. The van der Waals surface area contributed by atoms with Crippen LogP contribution in [0.15, 0.2) is 18.2 Å². The summed E-state index contributed by atoms with van der Waals surface area (Å²) in [7, 11) is 0. The summed E-state index contributed by atoms with van der Waals surface area (Å²) in [5.74, 6) is 0. The van der Waals surface area contributed by atoms with Crippen molar-refractivity contribution in [1.29, 1.82) is 0 Å². The molecule has 0 aliphatic carbocycles. The molecule has 1 heterocycles. The van der Waals surface area contributed by atoms with Gasteiger partial charge in [-0.25, -0.2) is 0 Å². The number of nitrogens with zero attached hydrogens (tertiary/aromatic N) is 1. The highest BCUT2D eigenvalue weighted by Gasteiger charge is 2.30. The number of halogens is 2. The molecular weight excluding hydrogens is 303 g/mol. The van der Waals surface area contributed by atoms with Crippen LogP contribution in [0.2, 0.25) is 10.0 Å². The van der Waals surface area contributed by atoms with Gasteiger partial charge < -0.3 is 5.32 Å². The normalized spacial score (nSPS) is 24.9. The predicted octanol–water partition coefficient (Wildman–Crippen LogP) is 4.59. The summed E-state index contributed by atoms with van der Waals surface area (Å²) < 4.78 is 0. The van der Waals surface area contributed by atoms with E-state index in [1.165, 1.54) is 0 Å². The number of benzene rings is 1. The quantitative estimate of drug-likeness (QED) is 0.853. The van der Waals surface area contributed by atoms with E-state index in [0.29, 0.717) is 12.1 Å². The van der Waals surface area contributed by atoms with Gasteiger partial charge in [0.15, 0.2) is 0 Å². The van der Waals surface area contributed by atoms with Crippen LogP contribution >= 0.6 is 23.2 Å². The second kappa shape index (κ2) is 6.87. The molecule has 1 aromatic carbocycles. The molecule has 0 saturated carbocycles. The molecule has 0 bridgehead atoms. The Balaban J connectivity index is 2.17. The zero-order valence-corrected chi connectivity index (χ0v) is 14.9. The molecule has 1 fully saturated rings. The van der Waals surface area contributed by atoms with Gasteiger partial charge in [-0.1, -0.05) is 44.0 Å². The van der Waals surface area contributed by atoms with Gasteiger partial charge in [-0.2, -0.15) is 0 Å². The number of rotatable bonds is 2. The zero-order valence-electron chi connectivity index (χ0n) is 13.4. The molecule has 2 unspecified atom stereocenters. The molecule has 1 aliphatic rings. The lowest BCUT2D eigenvalue weighted by Crippen LogP contribution is -2.47. The van der Waals surface area contributed by atoms with Crippen molar-refractivity contribution in [2.75, 3.05) is 13.1 Å². The molecule has 4 heteroatoms. The van der Waals surface area contributed by atoms with Gasteiger partial charge in [0.2, 0.25) is 0 Å². The first-order chi connectivity index (χ1) is 9.77. The number of nitrogens with one attached hydrogen (secondary N) is 1. The molecule has 0 spiro atoms. The van der Waals surface area contributed by atoms with E-state index in [1.54, 1.807) is 0 Å². The summed E-state index contributed by atoms with van der Waals surface area (Å²) in [6, 6.07) is 6.75. The lowest BCUT2D eigenvalue weighted by molar-refractivity contribution is 0.157. The van der Waals surface area contributed by atoms with E-state index in [-0.39, 0.29) is 5.41 Å². The molecule has 0 amide bonds. The summed E-state index contributed by atoms with van der Waals surface area (Å²) in [6.07, 6.45) is 1.16. The number of hydrogen-bond acceptors (Lipinski definition) is 2. The van der Waals surface area contributed by atoms with E-state index in [1.807, 2.05) is 18.2 Å². The second-order valence-corrected chi connectivity index (χ2v) is 8.02. The van der Waals surface area contributed by atoms with Crippen LogP contribution in [0.3, 0.4) is 0 Å². The van der Waals surface area contributed by atoms with E-state index < -0.39 is 0 Å². The third-order valence-electron chi connectivity index (χ3n) is 4.42. The molecular formula is C17H26Cl2N2. The van der Waals surface area contributed by atoms with Crippen LogP contribution in [0.5, 0.6) is 0 Å². The summed E-state index contributed by atoms with van der Waals surface area (Å²) in [6.45, 7) is 12.2. The topological polar surface area (TPSA) is 15.3 Å². The molecule has 118 valence electrons. The molecule has 0 aromatic heterocycles. The van der Waals surface area contributed by atoms with Crippen LogP contribution in [0.1, 0.15) is 39.7 Å². The number of hydrogen-bond donors (Lipinski definition) is 1. The minimum Gasteiger partial charge on any atom is -0.312 e. The minimum atomic E-state index is 0.250. The van der Waals surface area contributed by atoms with E-state index in [4.69, 9.17) is 23.2 Å². The Hall–Kier alpha value is -0.280. The van der Waals surface area contributed by atoms with Crippen molar-refractivity contribution in [3.8, 4) is 0 Å². The van der Waals surface area contributed by atoms with Gasteiger partial charge in [0.1, 0.15) is 0 Å². The summed E-state index contributed by atoms with van der Waals surface area (Å²) >= 11 is 12.4. The van der Waals surface area contributed by atoms with Crippen molar-refractivity contribution in [2.45, 2.75) is 52.7 Å². The fourth-order valence-corrected chi connectivity index (χ4v) is 3.18. The highest BCUT2D eigenvalue weighted by Crippen LogP contribution is 2.27. The van der Waals surface area contributed by atoms with Gasteiger partial charge in [-0.3, -0.25) is 4.90 Å². The van der Waals surface area contributed by atoms with Gasteiger partial charge in [0, 0.05) is 35.2 Å². The van der Waals surface area contributed by atoms with Crippen LogP contribution in [-0.2, 0) is 6.54 Å². The molecule has 2 rings (SSSR count). The lowest BCUT2D eigenvalue weighted by atomic mass is 9.86. The lowest BCUT2D eigenvalue weighted by Gasteiger charge is -2.35. The Morgan fingerprint density at radius 2 is 2.00 bits per heavy atom. The Labute approximate surface area is 138 Å². The van der Waals surface area contributed by atoms with Gasteiger partial charge in [0.25, 0.3) is 0 Å². The van der Waals surface area contributed by atoms with Crippen molar-refractivity contribution in [1.82, 2.24) is 10.2 Å². The second-order valence-electron chi connectivity index (χ2n) is 7.18. The maximum Gasteiger partial charge on any atom is 0.0452 e. The largest absolute Gasteiger partial charge is 0.312 e. The van der Waals surface area contributed by atoms with Crippen molar-refractivity contribution >= 4 is 23.2 Å². The van der Waals surface area contributed by atoms with Crippen LogP contribution in [0, 0.1) is 5.41 Å². The van der Waals surface area contributed by atoms with Crippen molar-refractivity contribution in [3.05, 3.63) is 33.8 Å². The van der Waals surface area contributed by atoms with Crippen LogP contribution in [0.4, 0.5) is 0 Å². The maximum atomic E-state index is 6.33. The first kappa shape index (κ1) is 17.1. The van der Waals surface area contributed by atoms with Crippen LogP contribution in [0.25, 0.3) is 0 Å². The third kappa shape index (κ3) is 4.59. The molecule has 2 nitrogen and oxygen atoms in total. The Morgan fingerprint density at radius 3 is 2.67 bits per heavy atom. The van der Waals surface area contributed by atoms with E-state index in [9.17, 15) is 0 Å². The van der Waals surface area contributed by atoms with Gasteiger partial charge >= 0.3 is 0 Å². The van der Waals surface area contributed by atoms with Gasteiger partial charge in [0.05, 0.1) is 0 Å². The molecule has 1 aromatic rings. The molecule has 0 radical (unpaired) electrons. The maximum absolute atomic E-state index is 6.33. The average molecular weight is 329 g/mol. The van der Waals surface area contributed by atoms with E-state index in [2.05, 4.69) is 37.9 Å². The summed E-state index contributed by atoms with van der Waals surface area (Å²) in [4.78, 5) is 2.52. The Bertz CT molecular complexity index is 482. The highest BCUT2D eigenvalue weighted by molar-refractivity contribution is 6.33. The molecule has 21 heavy (non-hydrogen) atoms. The third-order valence-corrected chi connectivity index (χ3v) is 5.02. The molecule has 1 N–H and O–H groups in total. The molecule has 2 atom stereocenters. The SMILES string of the molecule is CC1CCNC(C(C)(C)C)CN1Cc1cc(Cl)ccc1Cl. The van der Waals surface area contributed by atoms with Crippen molar-refractivity contribution < 1.29 is 0 Å². The van der Waals surface area contributed by atoms with Crippen molar-refractivity contribution in [2.24, 2.45) is 5.41 Å².